The number of carbonyl (C=O) groups is 1. The van der Waals surface area contributed by atoms with E-state index >= 15 is 0 Å². The highest BCUT2D eigenvalue weighted by atomic mass is 32.1. The number of nitrogens with zero attached hydrogens (tertiary/aromatic N) is 4. The summed E-state index contributed by atoms with van der Waals surface area (Å²) in [5.74, 6) is -0.534. The van der Waals surface area contributed by atoms with Crippen LogP contribution in [-0.4, -0.2) is 50.1 Å². The fourth-order valence-electron chi connectivity index (χ4n) is 7.06. The number of hydrogen-bond acceptors (Lipinski definition) is 5. The van der Waals surface area contributed by atoms with E-state index in [0.29, 0.717) is 24.0 Å². The highest BCUT2D eigenvalue weighted by molar-refractivity contribution is 7.10. The largest absolute Gasteiger partial charge is 0.348 e. The van der Waals surface area contributed by atoms with Crippen molar-refractivity contribution in [1.29, 1.82) is 0 Å². The van der Waals surface area contributed by atoms with Crippen LogP contribution in [0.3, 0.4) is 0 Å². The molecule has 2 saturated heterocycles. The maximum absolute atomic E-state index is 13.7. The fraction of sp³-hybridized carbons (Fsp3) is 0.759. The number of halogens is 2. The van der Waals surface area contributed by atoms with Crippen molar-refractivity contribution in [2.24, 2.45) is 5.92 Å². The molecule has 2 aromatic heterocycles. The first-order valence-corrected chi connectivity index (χ1v) is 15.3. The first-order chi connectivity index (χ1) is 18.0. The molecule has 1 saturated carbocycles. The van der Waals surface area contributed by atoms with Crippen LogP contribution < -0.4 is 5.32 Å². The number of thiophene rings is 1. The highest BCUT2D eigenvalue weighted by Crippen LogP contribution is 2.43. The molecule has 0 unspecified atom stereocenters. The molecule has 6 nitrogen and oxygen atoms in total. The molecule has 2 bridgehead atoms. The third-order valence-corrected chi connectivity index (χ3v) is 10.7. The zero-order valence-corrected chi connectivity index (χ0v) is 24.3. The zero-order chi connectivity index (χ0) is 27.2. The number of carbonyl (C=O) groups excluding carboxylic acids is 1. The minimum atomic E-state index is -2.62. The topological polar surface area (TPSA) is 63.1 Å². The number of piperidine rings is 1. The summed E-state index contributed by atoms with van der Waals surface area (Å²) < 4.78 is 29.8. The zero-order valence-electron chi connectivity index (χ0n) is 23.5. The van der Waals surface area contributed by atoms with Crippen LogP contribution in [-0.2, 0) is 4.79 Å². The van der Waals surface area contributed by atoms with Crippen molar-refractivity contribution in [2.45, 2.75) is 128 Å². The van der Waals surface area contributed by atoms with Gasteiger partial charge in [-0.3, -0.25) is 9.69 Å². The van der Waals surface area contributed by atoms with E-state index in [1.165, 1.54) is 28.8 Å². The first-order valence-electron chi connectivity index (χ1n) is 14.4. The third-order valence-electron chi connectivity index (χ3n) is 9.35. The quantitative estimate of drug-likeness (QED) is 0.403. The number of hydrogen-bond donors (Lipinski definition) is 1. The van der Waals surface area contributed by atoms with Crippen LogP contribution in [0.4, 0.5) is 8.78 Å². The lowest BCUT2D eigenvalue weighted by Gasteiger charge is -2.40. The van der Waals surface area contributed by atoms with Crippen molar-refractivity contribution in [3.8, 4) is 0 Å². The van der Waals surface area contributed by atoms with Crippen LogP contribution in [0.2, 0.25) is 0 Å². The van der Waals surface area contributed by atoms with Crippen molar-refractivity contribution in [3.63, 3.8) is 0 Å². The molecule has 4 heterocycles. The predicted molar refractivity (Wildman–Crippen MR) is 147 cm³/mol. The lowest BCUT2D eigenvalue weighted by molar-refractivity contribution is -0.130. The Morgan fingerprint density at radius 3 is 2.32 bits per heavy atom. The van der Waals surface area contributed by atoms with E-state index in [4.69, 9.17) is 0 Å². The van der Waals surface area contributed by atoms with Gasteiger partial charge in [0, 0.05) is 54.2 Å². The number of alkyl halides is 2. The van der Waals surface area contributed by atoms with E-state index in [2.05, 4.69) is 65.0 Å². The molecule has 38 heavy (non-hydrogen) atoms. The second-order valence-corrected chi connectivity index (χ2v) is 13.2. The van der Waals surface area contributed by atoms with Crippen LogP contribution in [0.15, 0.2) is 5.38 Å². The maximum atomic E-state index is 13.7. The third kappa shape index (κ3) is 5.55. The summed E-state index contributed by atoms with van der Waals surface area (Å²) in [6.45, 7) is 11.6. The van der Waals surface area contributed by atoms with Gasteiger partial charge >= 0.3 is 0 Å². The number of aryl methyl sites for hydroxylation is 2. The molecule has 1 aliphatic carbocycles. The minimum Gasteiger partial charge on any atom is -0.348 e. The van der Waals surface area contributed by atoms with Gasteiger partial charge in [-0.25, -0.2) is 8.78 Å². The normalized spacial score (nSPS) is 26.7. The van der Waals surface area contributed by atoms with Crippen molar-refractivity contribution in [1.82, 2.24) is 25.0 Å². The molecule has 1 amide bonds. The summed E-state index contributed by atoms with van der Waals surface area (Å²) in [5, 5.41) is 14.3. The summed E-state index contributed by atoms with van der Waals surface area (Å²) >= 11 is 1.71. The number of rotatable bonds is 8. The number of amides is 1. The number of aromatic nitrogens is 3. The van der Waals surface area contributed by atoms with Crippen molar-refractivity contribution < 1.29 is 13.6 Å². The Balaban J connectivity index is 1.26. The van der Waals surface area contributed by atoms with Gasteiger partial charge in [-0.2, -0.15) is 0 Å². The Hall–Kier alpha value is -1.87. The average molecular weight is 548 g/mol. The maximum Gasteiger partial charge on any atom is 0.248 e. The Labute approximate surface area is 229 Å². The van der Waals surface area contributed by atoms with Crippen LogP contribution in [0.1, 0.15) is 117 Å². The van der Waals surface area contributed by atoms with Gasteiger partial charge in [-0.1, -0.05) is 13.8 Å². The Bertz CT molecular complexity index is 1120. The second-order valence-electron chi connectivity index (χ2n) is 12.3. The summed E-state index contributed by atoms with van der Waals surface area (Å²) in [6, 6.07) is 1.43. The first kappa shape index (κ1) is 27.7. The van der Waals surface area contributed by atoms with Crippen LogP contribution >= 0.6 is 11.3 Å². The van der Waals surface area contributed by atoms with Gasteiger partial charge < -0.3 is 9.88 Å². The SMILES string of the molecule is Cc1csc([C@H](CCN2[C@@H]3CC[C@H]2C[C@H](n2c(C)nnc2C(C)C)C3)NC(=O)C2CCC(F)(F)CC2)c1C. The molecule has 2 aromatic rings. The fourth-order valence-corrected chi connectivity index (χ4v) is 8.22. The van der Waals surface area contributed by atoms with E-state index in [1.807, 2.05) is 0 Å². The van der Waals surface area contributed by atoms with E-state index in [9.17, 15) is 13.6 Å². The minimum absolute atomic E-state index is 0.0538. The van der Waals surface area contributed by atoms with Crippen LogP contribution in [0.5, 0.6) is 0 Å². The molecule has 5 rings (SSSR count). The molecule has 1 N–H and O–H groups in total. The van der Waals surface area contributed by atoms with Gasteiger partial charge in [0.1, 0.15) is 11.6 Å². The van der Waals surface area contributed by atoms with Crippen molar-refractivity contribution in [2.75, 3.05) is 6.54 Å². The molecule has 4 atom stereocenters. The Morgan fingerprint density at radius 1 is 1.08 bits per heavy atom. The monoisotopic (exact) mass is 547 g/mol. The molecule has 2 aliphatic heterocycles. The van der Waals surface area contributed by atoms with Gasteiger partial charge in [-0.05, 0) is 82.2 Å². The highest BCUT2D eigenvalue weighted by Gasteiger charge is 2.43. The van der Waals surface area contributed by atoms with E-state index in [0.717, 1.165) is 37.5 Å². The van der Waals surface area contributed by atoms with Crippen molar-refractivity contribution in [3.05, 3.63) is 33.0 Å². The number of fused-ring (bicyclic) bond motifs is 2. The summed E-state index contributed by atoms with van der Waals surface area (Å²) in [7, 11) is 0. The predicted octanol–water partition coefficient (Wildman–Crippen LogP) is 6.63. The summed E-state index contributed by atoms with van der Waals surface area (Å²) in [5.41, 5.74) is 2.48. The van der Waals surface area contributed by atoms with Gasteiger partial charge in [0.15, 0.2) is 0 Å². The Kier molecular flexibility index (Phi) is 7.98. The van der Waals surface area contributed by atoms with Crippen LogP contribution in [0, 0.1) is 26.7 Å². The molecule has 9 heteroatoms. The molecule has 3 fully saturated rings. The van der Waals surface area contributed by atoms with Crippen LogP contribution in [0.25, 0.3) is 0 Å². The lowest BCUT2D eigenvalue weighted by atomic mass is 9.86. The summed E-state index contributed by atoms with van der Waals surface area (Å²) in [6.07, 6.45) is 5.66. The average Bonchev–Trinajstić information content (AvgIpc) is 3.49. The second kappa shape index (κ2) is 11.0. The number of nitrogens with one attached hydrogen (secondary N) is 1. The molecule has 0 aromatic carbocycles. The van der Waals surface area contributed by atoms with Crippen molar-refractivity contribution >= 4 is 17.2 Å². The van der Waals surface area contributed by atoms with Gasteiger partial charge in [0.2, 0.25) is 11.8 Å². The lowest BCUT2D eigenvalue weighted by Crippen LogP contribution is -2.45. The van der Waals surface area contributed by atoms with Gasteiger partial charge in [0.05, 0.1) is 6.04 Å². The molecule has 3 aliphatic rings. The van der Waals surface area contributed by atoms with E-state index in [1.54, 1.807) is 11.3 Å². The van der Waals surface area contributed by atoms with E-state index < -0.39 is 5.92 Å². The summed E-state index contributed by atoms with van der Waals surface area (Å²) in [4.78, 5) is 17.1. The van der Waals surface area contributed by atoms with E-state index in [-0.39, 0.29) is 43.6 Å². The molecule has 210 valence electrons. The van der Waals surface area contributed by atoms with Gasteiger partial charge in [0.25, 0.3) is 0 Å². The molecular formula is C29H43F2N5OS. The van der Waals surface area contributed by atoms with Gasteiger partial charge in [-0.15, -0.1) is 21.5 Å². The molecule has 0 spiro atoms. The smallest absolute Gasteiger partial charge is 0.248 e. The molecule has 0 radical (unpaired) electrons. The standard InChI is InChI=1S/C29H43F2N5OS/c1-17(2)27-34-33-20(5)36(27)24-14-22-6-7-23(15-24)35(22)13-10-25(26-19(4)18(3)16-38-26)32-28(37)21-8-11-29(30,31)12-9-21/h16-17,21-25H,6-15H2,1-5H3,(H,32,37)/t22-,23+,24-,25-/m0/s1. The Morgan fingerprint density at radius 2 is 1.74 bits per heavy atom. The molecular weight excluding hydrogens is 504 g/mol.